The lowest BCUT2D eigenvalue weighted by Crippen LogP contribution is -1.77. The van der Waals surface area contributed by atoms with Gasteiger partial charge in [-0.25, -0.2) is 0 Å². The van der Waals surface area contributed by atoms with Crippen LogP contribution in [0.2, 0.25) is 0 Å². The first kappa shape index (κ1) is 10.3. The van der Waals surface area contributed by atoms with E-state index < -0.39 is 0 Å². The van der Waals surface area contributed by atoms with Crippen LogP contribution in [0.5, 0.6) is 0 Å². The Balaban J connectivity index is 2.27. The molecule has 0 aliphatic carbocycles. The molecular formula is C16H12. The molecule has 0 heteroatoms. The molecule has 2 rings (SSSR count). The Morgan fingerprint density at radius 2 is 1.44 bits per heavy atom. The van der Waals surface area contributed by atoms with E-state index in [1.54, 1.807) is 6.08 Å². The lowest BCUT2D eigenvalue weighted by Gasteiger charge is -2.01. The van der Waals surface area contributed by atoms with Crippen LogP contribution in [-0.4, -0.2) is 0 Å². The van der Waals surface area contributed by atoms with Crippen molar-refractivity contribution in [1.29, 1.82) is 0 Å². The summed E-state index contributed by atoms with van der Waals surface area (Å²) < 4.78 is 0. The molecule has 0 atom stereocenters. The summed E-state index contributed by atoms with van der Waals surface area (Å²) in [4.78, 5) is 0. The molecule has 2 aromatic carbocycles. The fourth-order valence-electron chi connectivity index (χ4n) is 1.56. The smallest absolute Gasteiger partial charge is 0.0116 e. The second kappa shape index (κ2) is 5.00. The third-order valence-corrected chi connectivity index (χ3v) is 2.39. The van der Waals surface area contributed by atoms with Gasteiger partial charge in [-0.15, -0.1) is 6.42 Å². The zero-order chi connectivity index (χ0) is 11.2. The van der Waals surface area contributed by atoms with Gasteiger partial charge in [-0.1, -0.05) is 60.5 Å². The zero-order valence-electron chi connectivity index (χ0n) is 8.93. The van der Waals surface area contributed by atoms with Gasteiger partial charge in [0.2, 0.25) is 0 Å². The minimum atomic E-state index is 1.12. The lowest BCUT2D eigenvalue weighted by atomic mass is 10.0. The van der Waals surface area contributed by atoms with Crippen molar-refractivity contribution in [3.63, 3.8) is 0 Å². The molecule has 0 heterocycles. The van der Waals surface area contributed by atoms with Crippen LogP contribution >= 0.6 is 0 Å². The Morgan fingerprint density at radius 1 is 0.812 bits per heavy atom. The highest BCUT2D eigenvalue weighted by atomic mass is 14.0. The molecule has 0 aliphatic heterocycles. The predicted molar refractivity (Wildman–Crippen MR) is 69.7 cm³/mol. The predicted octanol–water partition coefficient (Wildman–Crippen LogP) is 4.00. The summed E-state index contributed by atoms with van der Waals surface area (Å²) in [5.41, 5.74) is 3.58. The van der Waals surface area contributed by atoms with Crippen molar-refractivity contribution in [1.82, 2.24) is 0 Å². The molecule has 0 aromatic heterocycles. The Bertz CT molecular complexity index is 510. The van der Waals surface area contributed by atoms with Gasteiger partial charge < -0.3 is 0 Å². The molecule has 0 saturated heterocycles. The summed E-state index contributed by atoms with van der Waals surface area (Å²) in [6.07, 6.45) is 8.79. The van der Waals surface area contributed by atoms with E-state index in [2.05, 4.69) is 42.3 Å². The molecule has 0 unspecified atom stereocenters. The molecule has 0 spiro atoms. The van der Waals surface area contributed by atoms with Crippen molar-refractivity contribution in [2.45, 2.75) is 0 Å². The first-order chi connectivity index (χ1) is 7.90. The van der Waals surface area contributed by atoms with Crippen LogP contribution in [0.15, 0.2) is 60.7 Å². The highest BCUT2D eigenvalue weighted by molar-refractivity contribution is 5.65. The van der Waals surface area contributed by atoms with E-state index in [-0.39, 0.29) is 0 Å². The van der Waals surface area contributed by atoms with Gasteiger partial charge in [0.05, 0.1) is 0 Å². The van der Waals surface area contributed by atoms with Crippen LogP contribution in [0, 0.1) is 12.3 Å². The molecule has 0 amide bonds. The Labute approximate surface area is 96.3 Å². The molecule has 0 saturated carbocycles. The summed E-state index contributed by atoms with van der Waals surface area (Å²) in [5.74, 6) is 2.48. The maximum atomic E-state index is 5.16. The number of rotatable bonds is 2. The topological polar surface area (TPSA) is 0 Å². The second-order valence-electron chi connectivity index (χ2n) is 3.49. The number of allylic oxidation sites excluding steroid dienone is 1. The second-order valence-corrected chi connectivity index (χ2v) is 3.49. The molecule has 16 heavy (non-hydrogen) atoms. The molecule has 0 aliphatic rings. The summed E-state index contributed by atoms with van der Waals surface area (Å²) in [5, 5.41) is 0. The summed E-state index contributed by atoms with van der Waals surface area (Å²) in [6, 6.07) is 18.7. The maximum Gasteiger partial charge on any atom is -0.0116 e. The maximum absolute atomic E-state index is 5.16. The first-order valence-electron chi connectivity index (χ1n) is 5.18. The SMILES string of the molecule is C#CC=Cc1ccc(-c2ccccc2)cc1. The normalized spacial score (nSPS) is 10.2. The van der Waals surface area contributed by atoms with Gasteiger partial charge in [0.15, 0.2) is 0 Å². The van der Waals surface area contributed by atoms with E-state index in [1.165, 1.54) is 11.1 Å². The highest BCUT2D eigenvalue weighted by Crippen LogP contribution is 2.19. The van der Waals surface area contributed by atoms with Crippen LogP contribution in [0.1, 0.15) is 5.56 Å². The molecule has 0 radical (unpaired) electrons. The average Bonchev–Trinajstić information content (AvgIpc) is 2.38. The number of benzene rings is 2. The number of hydrogen-bond acceptors (Lipinski definition) is 0. The van der Waals surface area contributed by atoms with Crippen LogP contribution in [0.4, 0.5) is 0 Å². The Morgan fingerprint density at radius 3 is 2.06 bits per heavy atom. The van der Waals surface area contributed by atoms with E-state index in [4.69, 9.17) is 6.42 Å². The first-order valence-corrected chi connectivity index (χ1v) is 5.18. The van der Waals surface area contributed by atoms with Crippen molar-refractivity contribution in [3.05, 3.63) is 66.2 Å². The molecule has 76 valence electrons. The fraction of sp³-hybridized carbons (Fsp3) is 0. The third kappa shape index (κ3) is 2.40. The quantitative estimate of drug-likeness (QED) is 0.648. The van der Waals surface area contributed by atoms with Gasteiger partial charge in [-0.2, -0.15) is 0 Å². The van der Waals surface area contributed by atoms with E-state index in [0.717, 1.165) is 5.56 Å². The average molecular weight is 204 g/mol. The van der Waals surface area contributed by atoms with Gasteiger partial charge in [-0.3, -0.25) is 0 Å². The van der Waals surface area contributed by atoms with E-state index in [0.29, 0.717) is 0 Å². The molecule has 0 fully saturated rings. The molecule has 2 aromatic rings. The Hall–Kier alpha value is -2.26. The van der Waals surface area contributed by atoms with Crippen LogP contribution in [0.25, 0.3) is 17.2 Å². The van der Waals surface area contributed by atoms with Crippen molar-refractivity contribution >= 4 is 6.08 Å². The Kier molecular flexibility index (Phi) is 3.21. The van der Waals surface area contributed by atoms with E-state index in [1.807, 2.05) is 24.3 Å². The van der Waals surface area contributed by atoms with Gasteiger partial charge in [-0.05, 0) is 28.8 Å². The minimum absolute atomic E-state index is 1.12. The van der Waals surface area contributed by atoms with E-state index >= 15 is 0 Å². The summed E-state index contributed by atoms with van der Waals surface area (Å²) >= 11 is 0. The molecule has 0 N–H and O–H groups in total. The van der Waals surface area contributed by atoms with Crippen LogP contribution in [-0.2, 0) is 0 Å². The monoisotopic (exact) mass is 204 g/mol. The van der Waals surface area contributed by atoms with Gasteiger partial charge in [0.25, 0.3) is 0 Å². The fourth-order valence-corrected chi connectivity index (χ4v) is 1.56. The molecular weight excluding hydrogens is 192 g/mol. The largest absolute Gasteiger partial charge is 0.115 e. The van der Waals surface area contributed by atoms with Crippen molar-refractivity contribution in [2.24, 2.45) is 0 Å². The highest BCUT2D eigenvalue weighted by Gasteiger charge is 1.94. The standard InChI is InChI=1S/C16H12/c1-2-3-7-14-10-12-16(13-11-14)15-8-5-4-6-9-15/h1,3-13H. The molecule has 0 bridgehead atoms. The lowest BCUT2D eigenvalue weighted by molar-refractivity contribution is 1.60. The van der Waals surface area contributed by atoms with Gasteiger partial charge in [0.1, 0.15) is 0 Å². The van der Waals surface area contributed by atoms with Gasteiger partial charge >= 0.3 is 0 Å². The van der Waals surface area contributed by atoms with Crippen LogP contribution < -0.4 is 0 Å². The van der Waals surface area contributed by atoms with E-state index in [9.17, 15) is 0 Å². The minimum Gasteiger partial charge on any atom is -0.115 e. The number of hydrogen-bond donors (Lipinski definition) is 0. The van der Waals surface area contributed by atoms with Crippen molar-refractivity contribution < 1.29 is 0 Å². The zero-order valence-corrected chi connectivity index (χ0v) is 8.93. The van der Waals surface area contributed by atoms with Crippen molar-refractivity contribution in [2.75, 3.05) is 0 Å². The summed E-state index contributed by atoms with van der Waals surface area (Å²) in [6.45, 7) is 0. The number of terminal acetylenes is 1. The molecule has 0 nitrogen and oxygen atoms in total. The third-order valence-electron chi connectivity index (χ3n) is 2.39. The van der Waals surface area contributed by atoms with Crippen molar-refractivity contribution in [3.8, 4) is 23.5 Å². The van der Waals surface area contributed by atoms with Gasteiger partial charge in [0, 0.05) is 0 Å². The summed E-state index contributed by atoms with van der Waals surface area (Å²) in [7, 11) is 0. The van der Waals surface area contributed by atoms with Crippen LogP contribution in [0.3, 0.4) is 0 Å².